The van der Waals surface area contributed by atoms with Gasteiger partial charge in [-0.2, -0.15) is 0 Å². The topological polar surface area (TPSA) is 79.9 Å². The van der Waals surface area contributed by atoms with Crippen LogP contribution in [0.25, 0.3) is 0 Å². The van der Waals surface area contributed by atoms with Gasteiger partial charge in [-0.15, -0.1) is 0 Å². The van der Waals surface area contributed by atoms with Crippen molar-refractivity contribution >= 4 is 29.2 Å². The summed E-state index contributed by atoms with van der Waals surface area (Å²) in [5, 5.41) is 12.8. The van der Waals surface area contributed by atoms with Crippen molar-refractivity contribution in [2.75, 3.05) is 26.4 Å². The molecule has 0 aliphatic carbocycles. The van der Waals surface area contributed by atoms with Gasteiger partial charge in [-0.25, -0.2) is 0 Å². The molecule has 1 unspecified atom stereocenters. The second kappa shape index (κ2) is 9.84. The van der Waals surface area contributed by atoms with Crippen molar-refractivity contribution < 1.29 is 9.84 Å². The molecule has 1 atom stereocenters. The number of aliphatic imine (C=N–C) groups is 1. The monoisotopic (exact) mass is 333 g/mol. The second-order valence-corrected chi connectivity index (χ2v) is 5.33. The molecule has 0 amide bonds. The largest absolute Gasteiger partial charge is 0.394 e. The number of guanidine groups is 1. The Morgan fingerprint density at radius 2 is 2.19 bits per heavy atom. The molecular formula is C14H21Cl2N3O2. The first-order chi connectivity index (χ1) is 10.0. The average molecular weight is 334 g/mol. The number of hydrogen-bond donors (Lipinski definition) is 3. The van der Waals surface area contributed by atoms with Crippen LogP contribution in [-0.2, 0) is 4.74 Å². The van der Waals surface area contributed by atoms with Gasteiger partial charge < -0.3 is 20.9 Å². The zero-order valence-corrected chi connectivity index (χ0v) is 13.5. The number of benzene rings is 1. The van der Waals surface area contributed by atoms with Crippen molar-refractivity contribution in [1.29, 1.82) is 0 Å². The lowest BCUT2D eigenvalue weighted by atomic mass is 10.1. The predicted octanol–water partition coefficient (Wildman–Crippen LogP) is 2.36. The summed E-state index contributed by atoms with van der Waals surface area (Å²) in [5.41, 5.74) is 6.73. The number of nitrogens with two attached hydrogens (primary N) is 1. The summed E-state index contributed by atoms with van der Waals surface area (Å²) in [6.07, 6.45) is 0.748. The fourth-order valence-electron chi connectivity index (χ4n) is 1.73. The van der Waals surface area contributed by atoms with Crippen LogP contribution in [-0.4, -0.2) is 37.4 Å². The standard InChI is InChI=1S/C14H21Cl2N3O2/c1-10(12-4-3-11(15)9-13(12)16)19-14(17)18-5-2-7-21-8-6-20/h3-4,9-10,20H,2,5-8H2,1H3,(H3,17,18,19). The molecular weight excluding hydrogens is 313 g/mol. The van der Waals surface area contributed by atoms with E-state index < -0.39 is 0 Å². The van der Waals surface area contributed by atoms with Crippen LogP contribution in [0.15, 0.2) is 23.2 Å². The number of hydrogen-bond acceptors (Lipinski definition) is 3. The highest BCUT2D eigenvalue weighted by atomic mass is 35.5. The SMILES string of the molecule is CC(NC(N)=NCCCOCCO)c1ccc(Cl)cc1Cl. The van der Waals surface area contributed by atoms with E-state index in [0.29, 0.717) is 35.8 Å². The lowest BCUT2D eigenvalue weighted by Gasteiger charge is -2.16. The third-order valence-electron chi connectivity index (χ3n) is 2.76. The van der Waals surface area contributed by atoms with E-state index in [2.05, 4.69) is 10.3 Å². The molecule has 0 aliphatic heterocycles. The van der Waals surface area contributed by atoms with Crippen molar-refractivity contribution in [1.82, 2.24) is 5.32 Å². The molecule has 0 fully saturated rings. The summed E-state index contributed by atoms with van der Waals surface area (Å²) >= 11 is 12.0. The maximum absolute atomic E-state index is 8.56. The number of rotatable bonds is 8. The highest BCUT2D eigenvalue weighted by Crippen LogP contribution is 2.25. The summed E-state index contributed by atoms with van der Waals surface area (Å²) in [5.74, 6) is 0.357. The van der Waals surface area contributed by atoms with Gasteiger partial charge in [0.2, 0.25) is 0 Å². The van der Waals surface area contributed by atoms with Crippen LogP contribution in [0, 0.1) is 0 Å². The van der Waals surface area contributed by atoms with E-state index in [4.69, 9.17) is 38.8 Å². The molecule has 0 saturated carbocycles. The summed E-state index contributed by atoms with van der Waals surface area (Å²) in [4.78, 5) is 4.21. The molecule has 1 aromatic carbocycles. The maximum Gasteiger partial charge on any atom is 0.189 e. The fraction of sp³-hybridized carbons (Fsp3) is 0.500. The zero-order valence-electron chi connectivity index (χ0n) is 12.0. The van der Waals surface area contributed by atoms with Gasteiger partial charge >= 0.3 is 0 Å². The smallest absolute Gasteiger partial charge is 0.189 e. The Morgan fingerprint density at radius 3 is 2.86 bits per heavy atom. The molecule has 1 aromatic rings. The number of aliphatic hydroxyl groups excluding tert-OH is 1. The average Bonchev–Trinajstić information content (AvgIpc) is 2.42. The van der Waals surface area contributed by atoms with Crippen LogP contribution >= 0.6 is 23.2 Å². The first-order valence-corrected chi connectivity index (χ1v) is 7.50. The molecule has 5 nitrogen and oxygen atoms in total. The van der Waals surface area contributed by atoms with Gasteiger partial charge in [0.05, 0.1) is 19.3 Å². The molecule has 0 bridgehead atoms. The van der Waals surface area contributed by atoms with Gasteiger partial charge in [-0.3, -0.25) is 4.99 Å². The van der Waals surface area contributed by atoms with E-state index in [9.17, 15) is 0 Å². The number of nitrogens with one attached hydrogen (secondary N) is 1. The number of aliphatic hydroxyl groups is 1. The molecule has 21 heavy (non-hydrogen) atoms. The van der Waals surface area contributed by atoms with Crippen LogP contribution in [0.2, 0.25) is 10.0 Å². The van der Waals surface area contributed by atoms with Crippen molar-refractivity contribution in [3.8, 4) is 0 Å². The Labute approximate surface area is 135 Å². The van der Waals surface area contributed by atoms with Gasteiger partial charge in [-0.05, 0) is 31.0 Å². The van der Waals surface area contributed by atoms with E-state index >= 15 is 0 Å². The fourth-order valence-corrected chi connectivity index (χ4v) is 2.30. The van der Waals surface area contributed by atoms with Crippen LogP contribution in [0.3, 0.4) is 0 Å². The Hall–Kier alpha value is -1.01. The van der Waals surface area contributed by atoms with Gasteiger partial charge in [-0.1, -0.05) is 29.3 Å². The highest BCUT2D eigenvalue weighted by Gasteiger charge is 2.10. The van der Waals surface area contributed by atoms with E-state index in [-0.39, 0.29) is 12.6 Å². The molecule has 7 heteroatoms. The van der Waals surface area contributed by atoms with E-state index in [1.807, 2.05) is 13.0 Å². The van der Waals surface area contributed by atoms with Crippen molar-refractivity contribution in [2.24, 2.45) is 10.7 Å². The summed E-state index contributed by atoms with van der Waals surface area (Å²) in [7, 11) is 0. The quantitative estimate of drug-likeness (QED) is 0.387. The van der Waals surface area contributed by atoms with Crippen LogP contribution < -0.4 is 11.1 Å². The number of halogens is 2. The number of nitrogens with zero attached hydrogens (tertiary/aromatic N) is 1. The third kappa shape index (κ3) is 7.00. The highest BCUT2D eigenvalue weighted by molar-refractivity contribution is 6.35. The molecule has 4 N–H and O–H groups in total. The minimum Gasteiger partial charge on any atom is -0.394 e. The van der Waals surface area contributed by atoms with Gasteiger partial charge in [0.15, 0.2) is 5.96 Å². The summed E-state index contributed by atoms with van der Waals surface area (Å²) in [6.45, 7) is 3.44. The summed E-state index contributed by atoms with van der Waals surface area (Å²) in [6, 6.07) is 5.28. The Balaban J connectivity index is 2.40. The van der Waals surface area contributed by atoms with Gasteiger partial charge in [0, 0.05) is 23.2 Å². The van der Waals surface area contributed by atoms with E-state index in [0.717, 1.165) is 12.0 Å². The molecule has 0 saturated heterocycles. The van der Waals surface area contributed by atoms with Crippen LogP contribution in [0.1, 0.15) is 24.9 Å². The van der Waals surface area contributed by atoms with E-state index in [1.165, 1.54) is 0 Å². The van der Waals surface area contributed by atoms with Crippen molar-refractivity contribution in [3.63, 3.8) is 0 Å². The maximum atomic E-state index is 8.56. The molecule has 0 aliphatic rings. The molecule has 0 aromatic heterocycles. The van der Waals surface area contributed by atoms with Crippen LogP contribution in [0.4, 0.5) is 0 Å². The minimum atomic E-state index is -0.0656. The second-order valence-electron chi connectivity index (χ2n) is 4.49. The summed E-state index contributed by atoms with van der Waals surface area (Å²) < 4.78 is 5.13. The van der Waals surface area contributed by atoms with Gasteiger partial charge in [0.1, 0.15) is 0 Å². The zero-order chi connectivity index (χ0) is 15.7. The predicted molar refractivity (Wildman–Crippen MR) is 87.0 cm³/mol. The Bertz CT molecular complexity index is 470. The molecule has 0 spiro atoms. The molecule has 0 radical (unpaired) electrons. The van der Waals surface area contributed by atoms with E-state index in [1.54, 1.807) is 12.1 Å². The third-order valence-corrected chi connectivity index (χ3v) is 3.32. The first-order valence-electron chi connectivity index (χ1n) is 6.74. The number of ether oxygens (including phenoxy) is 1. The lowest BCUT2D eigenvalue weighted by molar-refractivity contribution is 0.0918. The first kappa shape index (κ1) is 18.0. The Kier molecular flexibility index (Phi) is 8.45. The van der Waals surface area contributed by atoms with Crippen molar-refractivity contribution in [3.05, 3.63) is 33.8 Å². The normalized spacial score (nSPS) is 13.2. The molecule has 118 valence electrons. The minimum absolute atomic E-state index is 0.0341. The van der Waals surface area contributed by atoms with Crippen molar-refractivity contribution in [2.45, 2.75) is 19.4 Å². The molecule has 1 rings (SSSR count). The Morgan fingerprint density at radius 1 is 1.43 bits per heavy atom. The van der Waals surface area contributed by atoms with Gasteiger partial charge in [0.25, 0.3) is 0 Å². The lowest BCUT2D eigenvalue weighted by Crippen LogP contribution is -2.34. The molecule has 0 heterocycles. The van der Waals surface area contributed by atoms with Crippen LogP contribution in [0.5, 0.6) is 0 Å².